The standard InChI is InChI=1S/C13H10F3N3O2.C3H5F3O/c14-13(15,16)10-2-1-5-17-12(10)9-3-6-19(18-8-9)7-4-11(20)21;1-7-2-3(4,5)6/h1-3,5-6,8H,4,7H2;2H2,1H3/p+1. The Morgan fingerprint density at radius 3 is 2.32 bits per heavy atom. The summed E-state index contributed by atoms with van der Waals surface area (Å²) in [6.45, 7) is -1.02. The second kappa shape index (κ2) is 9.97. The number of hydrogen-bond acceptors (Lipinski definition) is 4. The number of methoxy groups -OCH3 is 1. The van der Waals surface area contributed by atoms with Crippen LogP contribution in [0.4, 0.5) is 26.3 Å². The predicted molar refractivity (Wildman–Crippen MR) is 82.8 cm³/mol. The van der Waals surface area contributed by atoms with Gasteiger partial charge in [-0.3, -0.25) is 9.78 Å². The fourth-order valence-corrected chi connectivity index (χ4v) is 1.89. The Morgan fingerprint density at radius 1 is 1.21 bits per heavy atom. The van der Waals surface area contributed by atoms with E-state index in [0.29, 0.717) is 0 Å². The van der Waals surface area contributed by atoms with E-state index in [4.69, 9.17) is 5.11 Å². The quantitative estimate of drug-likeness (QED) is 0.603. The van der Waals surface area contributed by atoms with Crippen molar-refractivity contribution in [1.29, 1.82) is 0 Å². The summed E-state index contributed by atoms with van der Waals surface area (Å²) in [7, 11) is 1.01. The number of aliphatic carboxylic acids is 1. The van der Waals surface area contributed by atoms with Crippen LogP contribution in [0.15, 0.2) is 36.8 Å². The van der Waals surface area contributed by atoms with Crippen LogP contribution in [0.5, 0.6) is 0 Å². The Hall–Kier alpha value is -2.76. The first kappa shape index (κ1) is 23.3. The van der Waals surface area contributed by atoms with Gasteiger partial charge in [-0.1, -0.05) is 4.68 Å². The highest BCUT2D eigenvalue weighted by atomic mass is 19.4. The number of aryl methyl sites for hydroxylation is 1. The summed E-state index contributed by atoms with van der Waals surface area (Å²) in [5, 5.41) is 12.5. The van der Waals surface area contributed by atoms with Gasteiger partial charge in [-0.2, -0.15) is 26.3 Å². The predicted octanol–water partition coefficient (Wildman–Crippen LogP) is 3.12. The van der Waals surface area contributed by atoms with Gasteiger partial charge in [-0.15, -0.1) is 0 Å². The summed E-state index contributed by atoms with van der Waals surface area (Å²) < 4.78 is 76.6. The molecule has 28 heavy (non-hydrogen) atoms. The number of carbonyl (C=O) groups is 1. The van der Waals surface area contributed by atoms with Crippen molar-refractivity contribution in [3.8, 4) is 11.3 Å². The minimum atomic E-state index is -4.50. The van der Waals surface area contributed by atoms with E-state index in [1.54, 1.807) is 0 Å². The highest BCUT2D eigenvalue weighted by molar-refractivity contribution is 5.66. The topological polar surface area (TPSA) is 76.2 Å². The lowest BCUT2D eigenvalue weighted by Crippen LogP contribution is -2.38. The lowest BCUT2D eigenvalue weighted by Gasteiger charge is -2.10. The molecule has 0 saturated carbocycles. The summed E-state index contributed by atoms with van der Waals surface area (Å²) in [5.74, 6) is -0.975. The molecule has 0 amide bonds. The van der Waals surface area contributed by atoms with E-state index in [-0.39, 0.29) is 24.2 Å². The van der Waals surface area contributed by atoms with Gasteiger partial charge in [-0.25, -0.2) is 0 Å². The maximum absolute atomic E-state index is 12.9. The number of nitrogens with zero attached hydrogens (tertiary/aromatic N) is 3. The fraction of sp³-hybridized carbons (Fsp3) is 0.375. The monoisotopic (exact) mass is 412 g/mol. The number of alkyl halides is 6. The number of aromatic nitrogens is 3. The molecule has 0 atom stereocenters. The van der Waals surface area contributed by atoms with Crippen LogP contribution in [0.25, 0.3) is 11.3 Å². The van der Waals surface area contributed by atoms with Crippen molar-refractivity contribution in [2.45, 2.75) is 25.3 Å². The molecular weight excluding hydrogens is 396 g/mol. The third-order valence-corrected chi connectivity index (χ3v) is 3.02. The Kier molecular flexibility index (Phi) is 8.29. The van der Waals surface area contributed by atoms with Crippen molar-refractivity contribution in [3.05, 3.63) is 42.4 Å². The summed E-state index contributed by atoms with van der Waals surface area (Å²) in [6.07, 6.45) is -4.86. The lowest BCUT2D eigenvalue weighted by molar-refractivity contribution is -0.752. The van der Waals surface area contributed by atoms with Crippen LogP contribution in [0.3, 0.4) is 0 Å². The first-order valence-electron chi connectivity index (χ1n) is 7.60. The van der Waals surface area contributed by atoms with E-state index >= 15 is 0 Å². The SMILES string of the molecule is COCC(F)(F)F.O=C(O)CC[n+]1ccc(-c2ncccc2C(F)(F)F)cn1. The minimum absolute atomic E-state index is 0.117. The van der Waals surface area contributed by atoms with E-state index in [0.717, 1.165) is 13.2 Å². The normalized spacial score (nSPS) is 11.5. The van der Waals surface area contributed by atoms with E-state index in [1.807, 2.05) is 0 Å². The van der Waals surface area contributed by atoms with Crippen LogP contribution in [0.2, 0.25) is 0 Å². The Bertz CT molecular complexity index is 763. The summed E-state index contributed by atoms with van der Waals surface area (Å²) in [4.78, 5) is 14.2. The Balaban J connectivity index is 0.000000480. The summed E-state index contributed by atoms with van der Waals surface area (Å²) >= 11 is 0. The first-order chi connectivity index (χ1) is 12.9. The van der Waals surface area contributed by atoms with Crippen LogP contribution >= 0.6 is 0 Å². The molecule has 2 aromatic heterocycles. The van der Waals surface area contributed by atoms with Crippen LogP contribution < -0.4 is 4.68 Å². The molecule has 2 heterocycles. The van der Waals surface area contributed by atoms with Gasteiger partial charge in [-0.05, 0) is 17.2 Å². The number of rotatable bonds is 5. The molecule has 2 aromatic rings. The third kappa shape index (κ3) is 8.29. The maximum Gasteiger partial charge on any atom is 0.418 e. The number of ether oxygens (including phenoxy) is 1. The molecule has 1 N–H and O–H groups in total. The van der Waals surface area contributed by atoms with Crippen molar-refractivity contribution in [2.24, 2.45) is 0 Å². The fourth-order valence-electron chi connectivity index (χ4n) is 1.89. The number of carboxylic acids is 1. The molecule has 0 aliphatic carbocycles. The van der Waals surface area contributed by atoms with Gasteiger partial charge < -0.3 is 9.84 Å². The zero-order chi connectivity index (χ0) is 21.4. The molecule has 0 spiro atoms. The number of carboxylic acid groups (broad SMARTS) is 1. The van der Waals surface area contributed by atoms with E-state index < -0.39 is 30.5 Å². The van der Waals surface area contributed by atoms with Gasteiger partial charge in [0.1, 0.15) is 19.2 Å². The molecule has 2 rings (SSSR count). The van der Waals surface area contributed by atoms with Crippen molar-refractivity contribution >= 4 is 5.97 Å². The van der Waals surface area contributed by atoms with Gasteiger partial charge in [0, 0.05) is 24.9 Å². The smallest absolute Gasteiger partial charge is 0.418 e. The highest BCUT2D eigenvalue weighted by Gasteiger charge is 2.34. The van der Waals surface area contributed by atoms with Crippen LogP contribution in [0, 0.1) is 0 Å². The first-order valence-corrected chi connectivity index (χ1v) is 7.60. The molecule has 0 radical (unpaired) electrons. The minimum Gasteiger partial charge on any atom is -0.481 e. The number of hydrogen-bond donors (Lipinski definition) is 1. The molecule has 154 valence electrons. The number of halogens is 6. The molecule has 6 nitrogen and oxygen atoms in total. The molecule has 0 bridgehead atoms. The molecule has 0 unspecified atom stereocenters. The van der Waals surface area contributed by atoms with Gasteiger partial charge in [0.25, 0.3) is 0 Å². The molecule has 12 heteroatoms. The van der Waals surface area contributed by atoms with Gasteiger partial charge in [0.15, 0.2) is 12.7 Å². The van der Waals surface area contributed by atoms with E-state index in [2.05, 4.69) is 14.8 Å². The zero-order valence-corrected chi connectivity index (χ0v) is 14.5. The Morgan fingerprint density at radius 2 is 1.89 bits per heavy atom. The Labute approximate surface area is 155 Å². The third-order valence-electron chi connectivity index (χ3n) is 3.02. The molecular formula is C16H16F6N3O3+. The summed E-state index contributed by atoms with van der Waals surface area (Å²) in [5.41, 5.74) is -0.826. The van der Waals surface area contributed by atoms with Crippen LogP contribution in [-0.4, -0.2) is 41.1 Å². The van der Waals surface area contributed by atoms with Crippen molar-refractivity contribution in [3.63, 3.8) is 0 Å². The molecule has 0 aromatic carbocycles. The van der Waals surface area contributed by atoms with Crippen LogP contribution in [0.1, 0.15) is 12.0 Å². The van der Waals surface area contributed by atoms with E-state index in [1.165, 1.54) is 35.4 Å². The second-order valence-corrected chi connectivity index (χ2v) is 5.27. The molecule has 0 fully saturated rings. The largest absolute Gasteiger partial charge is 0.481 e. The van der Waals surface area contributed by atoms with E-state index in [9.17, 15) is 31.1 Å². The molecule has 0 aliphatic rings. The van der Waals surface area contributed by atoms with Crippen molar-refractivity contribution in [2.75, 3.05) is 13.7 Å². The number of pyridine rings is 1. The maximum atomic E-state index is 12.9. The van der Waals surface area contributed by atoms with Gasteiger partial charge in [0.05, 0.1) is 11.3 Å². The average molecular weight is 412 g/mol. The van der Waals surface area contributed by atoms with Crippen LogP contribution in [-0.2, 0) is 22.3 Å². The van der Waals surface area contributed by atoms with Crippen molar-refractivity contribution in [1.82, 2.24) is 10.1 Å². The summed E-state index contributed by atoms with van der Waals surface area (Å²) in [6, 6.07) is 3.59. The average Bonchev–Trinajstić information content (AvgIpc) is 2.59. The highest BCUT2D eigenvalue weighted by Crippen LogP contribution is 2.35. The molecule has 0 saturated heterocycles. The van der Waals surface area contributed by atoms with Gasteiger partial charge >= 0.3 is 18.3 Å². The lowest BCUT2D eigenvalue weighted by atomic mass is 10.1. The van der Waals surface area contributed by atoms with Gasteiger partial charge in [0.2, 0.25) is 0 Å². The zero-order valence-electron chi connectivity index (χ0n) is 14.5. The van der Waals surface area contributed by atoms with Crippen molar-refractivity contribution < 1.29 is 45.7 Å². The second-order valence-electron chi connectivity index (χ2n) is 5.27. The molecule has 0 aliphatic heterocycles.